The summed E-state index contributed by atoms with van der Waals surface area (Å²) in [7, 11) is 1.31. The van der Waals surface area contributed by atoms with E-state index in [0.29, 0.717) is 11.8 Å². The van der Waals surface area contributed by atoms with E-state index in [1.54, 1.807) is 20.8 Å². The highest BCUT2D eigenvalue weighted by molar-refractivity contribution is 9.09. The largest absolute Gasteiger partial charge is 0.467 e. The molecule has 0 aromatic carbocycles. The highest BCUT2D eigenvalue weighted by atomic mass is 79.9. The minimum Gasteiger partial charge on any atom is -0.467 e. The zero-order valence-electron chi connectivity index (χ0n) is 10.5. The third-order valence-corrected chi connectivity index (χ3v) is 3.35. The normalized spacial score (nSPS) is 27.2. The number of methoxy groups -OCH3 is 1. The first-order valence-electron chi connectivity index (χ1n) is 5.40. The molecule has 0 bridgehead atoms. The second-order valence-electron chi connectivity index (χ2n) is 5.15. The van der Waals surface area contributed by atoms with Crippen molar-refractivity contribution in [1.29, 1.82) is 0 Å². The topological polar surface area (TPSA) is 64.6 Å². The fraction of sp³-hybridized carbons (Fsp3) is 0.818. The molecule has 5 nitrogen and oxygen atoms in total. The monoisotopic (exact) mass is 307 g/mol. The van der Waals surface area contributed by atoms with Gasteiger partial charge in [-0.25, -0.2) is 9.59 Å². The number of rotatable bonds is 3. The molecular formula is C11H18BrNO4. The zero-order valence-corrected chi connectivity index (χ0v) is 12.1. The van der Waals surface area contributed by atoms with Gasteiger partial charge in [0.05, 0.1) is 7.11 Å². The molecule has 1 amide bonds. The standard InChI is InChI=1S/C11H18BrNO4/c1-10(2,3)17-9(15)13-11(8(14)16-4)5-7(11)6-12/h7H,5-6H2,1-4H3,(H,13,15). The van der Waals surface area contributed by atoms with Gasteiger partial charge in [0.25, 0.3) is 0 Å². The number of halogens is 1. The lowest BCUT2D eigenvalue weighted by molar-refractivity contribution is -0.144. The van der Waals surface area contributed by atoms with E-state index in [-0.39, 0.29) is 5.92 Å². The number of nitrogens with one attached hydrogen (secondary N) is 1. The molecule has 1 aliphatic carbocycles. The summed E-state index contributed by atoms with van der Waals surface area (Å²) in [5, 5.41) is 3.25. The summed E-state index contributed by atoms with van der Waals surface area (Å²) in [5.41, 5.74) is -1.50. The molecule has 1 aliphatic rings. The minimum atomic E-state index is -0.916. The molecule has 0 heterocycles. The molecule has 1 rings (SSSR count). The van der Waals surface area contributed by atoms with Crippen LogP contribution in [-0.4, -0.2) is 35.6 Å². The number of hydrogen-bond acceptors (Lipinski definition) is 4. The van der Waals surface area contributed by atoms with Gasteiger partial charge in [-0.3, -0.25) is 0 Å². The maximum Gasteiger partial charge on any atom is 0.408 e. The first-order chi connectivity index (χ1) is 7.75. The molecule has 0 aliphatic heterocycles. The van der Waals surface area contributed by atoms with Crippen LogP contribution in [0.4, 0.5) is 4.79 Å². The van der Waals surface area contributed by atoms with Crippen molar-refractivity contribution in [3.05, 3.63) is 0 Å². The molecule has 6 heteroatoms. The van der Waals surface area contributed by atoms with Gasteiger partial charge in [-0.15, -0.1) is 0 Å². The number of carbonyl (C=O) groups is 2. The van der Waals surface area contributed by atoms with Crippen molar-refractivity contribution in [2.75, 3.05) is 12.4 Å². The molecule has 1 fully saturated rings. The van der Waals surface area contributed by atoms with Crippen molar-refractivity contribution in [3.63, 3.8) is 0 Å². The molecule has 17 heavy (non-hydrogen) atoms. The smallest absolute Gasteiger partial charge is 0.408 e. The van der Waals surface area contributed by atoms with Crippen LogP contribution in [0.1, 0.15) is 27.2 Å². The third-order valence-electron chi connectivity index (χ3n) is 2.57. The van der Waals surface area contributed by atoms with Crippen molar-refractivity contribution in [1.82, 2.24) is 5.32 Å². The van der Waals surface area contributed by atoms with Crippen LogP contribution in [0.15, 0.2) is 0 Å². The van der Waals surface area contributed by atoms with Gasteiger partial charge in [0.15, 0.2) is 0 Å². The van der Waals surface area contributed by atoms with Crippen LogP contribution in [-0.2, 0) is 14.3 Å². The number of alkyl carbamates (subject to hydrolysis) is 1. The number of ether oxygens (including phenoxy) is 2. The Morgan fingerprint density at radius 2 is 2.06 bits per heavy atom. The second-order valence-corrected chi connectivity index (χ2v) is 5.79. The van der Waals surface area contributed by atoms with Gasteiger partial charge in [0.2, 0.25) is 0 Å². The Bertz CT molecular complexity index is 326. The van der Waals surface area contributed by atoms with E-state index in [0.717, 1.165) is 0 Å². The van der Waals surface area contributed by atoms with Gasteiger partial charge in [0.1, 0.15) is 11.1 Å². The maximum absolute atomic E-state index is 11.7. The lowest BCUT2D eigenvalue weighted by Crippen LogP contribution is -2.47. The SMILES string of the molecule is COC(=O)C1(NC(=O)OC(C)(C)C)CC1CBr. The van der Waals surface area contributed by atoms with Crippen LogP contribution in [0.2, 0.25) is 0 Å². The molecule has 2 atom stereocenters. The average molecular weight is 308 g/mol. The first-order valence-corrected chi connectivity index (χ1v) is 6.53. The molecule has 0 aromatic heterocycles. The molecule has 1 saturated carbocycles. The van der Waals surface area contributed by atoms with Gasteiger partial charge in [-0.1, -0.05) is 15.9 Å². The van der Waals surface area contributed by atoms with E-state index in [2.05, 4.69) is 21.2 Å². The summed E-state index contributed by atoms with van der Waals surface area (Å²) in [6, 6.07) is 0. The van der Waals surface area contributed by atoms with Gasteiger partial charge in [-0.05, 0) is 27.2 Å². The van der Waals surface area contributed by atoms with Crippen LogP contribution in [0.25, 0.3) is 0 Å². The summed E-state index contributed by atoms with van der Waals surface area (Å²) in [6.07, 6.45) is -0.0178. The zero-order chi connectivity index (χ0) is 13.3. The second kappa shape index (κ2) is 4.84. The number of esters is 1. The van der Waals surface area contributed by atoms with Crippen molar-refractivity contribution in [2.45, 2.75) is 38.3 Å². The molecule has 0 saturated heterocycles. The van der Waals surface area contributed by atoms with Crippen LogP contribution in [0.5, 0.6) is 0 Å². The van der Waals surface area contributed by atoms with E-state index in [4.69, 9.17) is 9.47 Å². The maximum atomic E-state index is 11.7. The van der Waals surface area contributed by atoms with Crippen LogP contribution in [0, 0.1) is 5.92 Å². The highest BCUT2D eigenvalue weighted by Crippen LogP contribution is 2.45. The van der Waals surface area contributed by atoms with Crippen LogP contribution < -0.4 is 5.32 Å². The minimum absolute atomic E-state index is 0.0578. The Balaban J connectivity index is 2.64. The van der Waals surface area contributed by atoms with Crippen molar-refractivity contribution < 1.29 is 19.1 Å². The summed E-state index contributed by atoms with van der Waals surface area (Å²) < 4.78 is 9.84. The van der Waals surface area contributed by atoms with Gasteiger partial charge in [0, 0.05) is 11.2 Å². The lowest BCUT2D eigenvalue weighted by atomic mass is 10.2. The highest BCUT2D eigenvalue weighted by Gasteiger charge is 2.62. The van der Waals surface area contributed by atoms with E-state index in [1.165, 1.54) is 7.11 Å². The van der Waals surface area contributed by atoms with Crippen molar-refractivity contribution in [3.8, 4) is 0 Å². The predicted octanol–water partition coefficient (Wildman–Crippen LogP) is 1.84. The lowest BCUT2D eigenvalue weighted by Gasteiger charge is -2.23. The number of carbonyl (C=O) groups excluding carboxylic acids is 2. The summed E-state index contributed by atoms with van der Waals surface area (Å²) in [6.45, 7) is 5.31. The molecule has 0 aromatic rings. The molecule has 0 radical (unpaired) electrons. The Kier molecular flexibility index (Phi) is 4.06. The molecular weight excluding hydrogens is 290 g/mol. The average Bonchev–Trinajstić information content (AvgIpc) is 2.88. The van der Waals surface area contributed by atoms with Gasteiger partial charge in [-0.2, -0.15) is 0 Å². The van der Waals surface area contributed by atoms with E-state index in [1.807, 2.05) is 0 Å². The number of alkyl halides is 1. The Morgan fingerprint density at radius 3 is 2.41 bits per heavy atom. The Hall–Kier alpha value is -0.780. The van der Waals surface area contributed by atoms with Crippen molar-refractivity contribution in [2.24, 2.45) is 5.92 Å². The summed E-state index contributed by atoms with van der Waals surface area (Å²) in [5.74, 6) is -0.365. The molecule has 0 spiro atoms. The molecule has 2 unspecified atom stereocenters. The van der Waals surface area contributed by atoms with Gasteiger partial charge < -0.3 is 14.8 Å². The first kappa shape index (κ1) is 14.3. The van der Waals surface area contributed by atoms with Gasteiger partial charge >= 0.3 is 12.1 Å². The summed E-state index contributed by atoms with van der Waals surface area (Å²) >= 11 is 3.30. The number of amides is 1. The predicted molar refractivity (Wildman–Crippen MR) is 66.0 cm³/mol. The summed E-state index contributed by atoms with van der Waals surface area (Å²) in [4.78, 5) is 23.3. The fourth-order valence-electron chi connectivity index (χ4n) is 1.64. The van der Waals surface area contributed by atoms with Crippen molar-refractivity contribution >= 4 is 28.0 Å². The van der Waals surface area contributed by atoms with E-state index < -0.39 is 23.2 Å². The van der Waals surface area contributed by atoms with Crippen LogP contribution >= 0.6 is 15.9 Å². The Morgan fingerprint density at radius 1 is 1.47 bits per heavy atom. The Labute approximate surface area is 109 Å². The molecule has 1 N–H and O–H groups in total. The quantitative estimate of drug-likeness (QED) is 0.638. The fourth-order valence-corrected chi connectivity index (χ4v) is 2.42. The van der Waals surface area contributed by atoms with E-state index >= 15 is 0 Å². The third kappa shape index (κ3) is 3.34. The number of hydrogen-bond donors (Lipinski definition) is 1. The van der Waals surface area contributed by atoms with E-state index in [9.17, 15) is 9.59 Å². The van der Waals surface area contributed by atoms with Crippen LogP contribution in [0.3, 0.4) is 0 Å². The molecule has 98 valence electrons.